The van der Waals surface area contributed by atoms with Gasteiger partial charge in [-0.2, -0.15) is 5.26 Å². The molecule has 3 nitrogen and oxygen atoms in total. The molecule has 1 aliphatic heterocycles. The van der Waals surface area contributed by atoms with Crippen molar-refractivity contribution in [1.82, 2.24) is 0 Å². The molecule has 0 spiro atoms. The van der Waals surface area contributed by atoms with Crippen LogP contribution in [0.3, 0.4) is 0 Å². The minimum Gasteiger partial charge on any atom is -0.494 e. The van der Waals surface area contributed by atoms with Crippen molar-refractivity contribution >= 4 is 16.5 Å². The van der Waals surface area contributed by atoms with Gasteiger partial charge in [0, 0.05) is 18.7 Å². The number of nitriles is 1. The molecular weight excluding hydrogens is 464 g/mol. The van der Waals surface area contributed by atoms with Gasteiger partial charge >= 0.3 is 0 Å². The van der Waals surface area contributed by atoms with Crippen molar-refractivity contribution in [3.63, 3.8) is 0 Å². The maximum atomic E-state index is 10.5. The molecule has 0 bridgehead atoms. The zero-order chi connectivity index (χ0) is 25.9. The van der Waals surface area contributed by atoms with Gasteiger partial charge < -0.3 is 9.64 Å². The van der Waals surface area contributed by atoms with Gasteiger partial charge in [0.15, 0.2) is 0 Å². The van der Waals surface area contributed by atoms with E-state index in [0.29, 0.717) is 0 Å². The number of benzene rings is 4. The third kappa shape index (κ3) is 4.43. The van der Waals surface area contributed by atoms with E-state index < -0.39 is 0 Å². The molecular formula is C35H36N2O. The Morgan fingerprint density at radius 1 is 0.789 bits per heavy atom. The van der Waals surface area contributed by atoms with Crippen LogP contribution in [0.5, 0.6) is 5.75 Å². The number of ether oxygens (including phenoxy) is 1. The molecule has 0 radical (unpaired) electrons. The van der Waals surface area contributed by atoms with Gasteiger partial charge in [0.25, 0.3) is 0 Å². The Morgan fingerprint density at radius 2 is 1.50 bits per heavy atom. The third-order valence-electron chi connectivity index (χ3n) is 8.24. The quantitative estimate of drug-likeness (QED) is 0.189. The molecule has 38 heavy (non-hydrogen) atoms. The third-order valence-corrected chi connectivity index (χ3v) is 8.24. The van der Waals surface area contributed by atoms with Crippen LogP contribution in [-0.2, 0) is 0 Å². The standard InChI is InChI=1S/C35H36N2O/c1-2-3-4-5-9-22-38-27-18-16-25(17-19-27)30-23-32(37-20-7-6-8-21-37)31(24-36)35-29-15-11-13-26-12-10-14-28(33(26)29)34(30)35/h10-19,23H,2-9,20-22H2,1H3. The summed E-state index contributed by atoms with van der Waals surface area (Å²) in [7, 11) is 0. The van der Waals surface area contributed by atoms with Crippen molar-refractivity contribution in [1.29, 1.82) is 5.26 Å². The zero-order valence-corrected chi connectivity index (χ0v) is 22.4. The van der Waals surface area contributed by atoms with E-state index >= 15 is 0 Å². The lowest BCUT2D eigenvalue weighted by atomic mass is 9.88. The van der Waals surface area contributed by atoms with Crippen LogP contribution in [0.15, 0.2) is 66.7 Å². The van der Waals surface area contributed by atoms with E-state index in [-0.39, 0.29) is 0 Å². The van der Waals surface area contributed by atoms with E-state index in [1.807, 2.05) is 0 Å². The highest BCUT2D eigenvalue weighted by Crippen LogP contribution is 2.54. The molecule has 0 aromatic heterocycles. The fraction of sp³-hybridized carbons (Fsp3) is 0.343. The van der Waals surface area contributed by atoms with Crippen LogP contribution in [0.2, 0.25) is 0 Å². The summed E-state index contributed by atoms with van der Waals surface area (Å²) in [4.78, 5) is 2.44. The second kappa shape index (κ2) is 10.9. The molecule has 0 amide bonds. The lowest BCUT2D eigenvalue weighted by molar-refractivity contribution is 0.304. The van der Waals surface area contributed by atoms with Crippen molar-refractivity contribution < 1.29 is 4.74 Å². The van der Waals surface area contributed by atoms with Gasteiger partial charge in [-0.05, 0) is 82.5 Å². The van der Waals surface area contributed by atoms with Crippen LogP contribution >= 0.6 is 0 Å². The molecule has 2 aliphatic rings. The summed E-state index contributed by atoms with van der Waals surface area (Å²) in [6.45, 7) is 5.03. The lowest BCUT2D eigenvalue weighted by Crippen LogP contribution is -2.30. The number of unbranched alkanes of at least 4 members (excludes halogenated alkanes) is 4. The Balaban J connectivity index is 1.42. The van der Waals surface area contributed by atoms with Crippen LogP contribution in [0, 0.1) is 11.3 Å². The molecule has 0 N–H and O–H groups in total. The monoisotopic (exact) mass is 500 g/mol. The first-order chi connectivity index (χ1) is 18.8. The fourth-order valence-electron chi connectivity index (χ4n) is 6.33. The molecule has 0 unspecified atom stereocenters. The first kappa shape index (κ1) is 24.6. The maximum absolute atomic E-state index is 10.5. The molecule has 4 aromatic carbocycles. The van der Waals surface area contributed by atoms with Crippen LogP contribution in [-0.4, -0.2) is 19.7 Å². The average molecular weight is 501 g/mol. The van der Waals surface area contributed by atoms with Crippen LogP contribution < -0.4 is 9.64 Å². The topological polar surface area (TPSA) is 36.3 Å². The second-order valence-electron chi connectivity index (χ2n) is 10.7. The zero-order valence-electron chi connectivity index (χ0n) is 22.4. The van der Waals surface area contributed by atoms with Gasteiger partial charge in [-0.25, -0.2) is 0 Å². The van der Waals surface area contributed by atoms with Crippen molar-refractivity contribution in [3.05, 3.63) is 72.3 Å². The molecule has 1 fully saturated rings. The van der Waals surface area contributed by atoms with Crippen LogP contribution in [0.4, 0.5) is 5.69 Å². The number of hydrogen-bond acceptors (Lipinski definition) is 3. The van der Waals surface area contributed by atoms with Gasteiger partial charge in [0.1, 0.15) is 11.8 Å². The molecule has 1 heterocycles. The van der Waals surface area contributed by atoms with Gasteiger partial charge in [-0.3, -0.25) is 0 Å². The highest BCUT2D eigenvalue weighted by molar-refractivity contribution is 6.20. The minimum absolute atomic E-state index is 0.770. The summed E-state index contributed by atoms with van der Waals surface area (Å²) < 4.78 is 6.07. The van der Waals surface area contributed by atoms with Crippen molar-refractivity contribution in [2.75, 3.05) is 24.6 Å². The number of nitrogens with zero attached hydrogens (tertiary/aromatic N) is 2. The van der Waals surface area contributed by atoms with Crippen LogP contribution in [0.25, 0.3) is 44.2 Å². The van der Waals surface area contributed by atoms with E-state index in [1.165, 1.54) is 83.5 Å². The summed E-state index contributed by atoms with van der Waals surface area (Å²) in [5.41, 5.74) is 8.99. The normalized spacial score (nSPS) is 13.9. The predicted molar refractivity (Wildman–Crippen MR) is 159 cm³/mol. The van der Waals surface area contributed by atoms with Crippen LogP contribution in [0.1, 0.15) is 63.9 Å². The van der Waals surface area contributed by atoms with Gasteiger partial charge in [-0.15, -0.1) is 0 Å². The number of rotatable bonds is 9. The predicted octanol–water partition coefficient (Wildman–Crippen LogP) is 9.37. The van der Waals surface area contributed by atoms with E-state index in [1.54, 1.807) is 0 Å². The van der Waals surface area contributed by atoms with Crippen molar-refractivity contribution in [3.8, 4) is 45.2 Å². The summed E-state index contributed by atoms with van der Waals surface area (Å²) in [6.07, 6.45) is 9.81. The lowest BCUT2D eigenvalue weighted by Gasteiger charge is -2.31. The second-order valence-corrected chi connectivity index (χ2v) is 10.7. The van der Waals surface area contributed by atoms with E-state index in [2.05, 4.69) is 84.6 Å². The molecule has 3 heteroatoms. The van der Waals surface area contributed by atoms with E-state index in [4.69, 9.17) is 4.74 Å². The number of fused-ring (bicyclic) bond motifs is 3. The largest absolute Gasteiger partial charge is 0.494 e. The van der Waals surface area contributed by atoms with E-state index in [0.717, 1.165) is 48.7 Å². The van der Waals surface area contributed by atoms with Crippen molar-refractivity contribution in [2.45, 2.75) is 58.3 Å². The van der Waals surface area contributed by atoms with Gasteiger partial charge in [-0.1, -0.05) is 81.1 Å². The Labute approximate surface area is 226 Å². The number of anilines is 1. The smallest absolute Gasteiger partial charge is 0.119 e. The number of hydrogen-bond donors (Lipinski definition) is 0. The highest BCUT2D eigenvalue weighted by atomic mass is 16.5. The number of piperidine rings is 1. The summed E-state index contributed by atoms with van der Waals surface area (Å²) in [5, 5.41) is 13.0. The van der Waals surface area contributed by atoms with Gasteiger partial charge in [0.2, 0.25) is 0 Å². The maximum Gasteiger partial charge on any atom is 0.119 e. The molecule has 1 saturated heterocycles. The summed E-state index contributed by atoms with van der Waals surface area (Å²) in [5.74, 6) is 0.927. The Bertz CT molecular complexity index is 1480. The Hall–Kier alpha value is -3.77. The average Bonchev–Trinajstić information content (AvgIpc) is 3.31. The minimum atomic E-state index is 0.770. The Morgan fingerprint density at radius 3 is 2.21 bits per heavy atom. The molecule has 6 rings (SSSR count). The molecule has 0 saturated carbocycles. The first-order valence-corrected chi connectivity index (χ1v) is 14.4. The summed E-state index contributed by atoms with van der Waals surface area (Å²) in [6, 6.07) is 26.6. The Kier molecular flexibility index (Phi) is 7.06. The van der Waals surface area contributed by atoms with E-state index in [9.17, 15) is 5.26 Å². The first-order valence-electron chi connectivity index (χ1n) is 14.4. The van der Waals surface area contributed by atoms with Crippen molar-refractivity contribution in [2.24, 2.45) is 0 Å². The molecule has 0 atom stereocenters. The fourth-order valence-corrected chi connectivity index (χ4v) is 6.33. The molecule has 1 aliphatic carbocycles. The summed E-state index contributed by atoms with van der Waals surface area (Å²) >= 11 is 0. The molecule has 192 valence electrons. The SMILES string of the molecule is CCCCCCCOc1ccc(-c2cc(N3CCCCC3)c(C#N)c3c2-c2cccc4cccc-3c24)cc1. The highest BCUT2D eigenvalue weighted by Gasteiger charge is 2.30. The van der Waals surface area contributed by atoms with Gasteiger partial charge in [0.05, 0.1) is 17.9 Å². The molecule has 4 aromatic rings.